The Balaban J connectivity index is 2.10. The summed E-state index contributed by atoms with van der Waals surface area (Å²) in [4.78, 5) is 15.3. The van der Waals surface area contributed by atoms with Crippen LogP contribution in [0.1, 0.15) is 18.4 Å². The van der Waals surface area contributed by atoms with E-state index in [1.54, 1.807) is 24.3 Å². The molecule has 0 radical (unpaired) electrons. The number of rotatable bonds is 4. The lowest BCUT2D eigenvalue weighted by molar-refractivity contribution is -0.230. The number of carbonyl (C=O) groups excluding carboxylic acids is 1. The molecule has 0 saturated heterocycles. The third-order valence-electron chi connectivity index (χ3n) is 5.05. The monoisotopic (exact) mass is 339 g/mol. The van der Waals surface area contributed by atoms with Crippen molar-refractivity contribution in [3.63, 3.8) is 0 Å². The molecule has 1 heterocycles. The Morgan fingerprint density at radius 1 is 1.24 bits per heavy atom. The number of nitriles is 2. The van der Waals surface area contributed by atoms with Crippen molar-refractivity contribution in [2.45, 2.75) is 18.8 Å². The van der Waals surface area contributed by atoms with E-state index in [0.717, 1.165) is 0 Å². The normalized spacial score (nSPS) is 31.2. The van der Waals surface area contributed by atoms with Gasteiger partial charge in [0.05, 0.1) is 12.1 Å². The number of benzene rings is 1. The highest BCUT2D eigenvalue weighted by atomic mass is 16.7. The number of fused-ring (bicyclic) bond motifs is 1. The van der Waals surface area contributed by atoms with E-state index in [-0.39, 0.29) is 11.7 Å². The van der Waals surface area contributed by atoms with Gasteiger partial charge in [0, 0.05) is 32.7 Å². The molecule has 0 unspecified atom stereocenters. The maximum absolute atomic E-state index is 11.1. The predicted octanol–water partition coefficient (Wildman–Crippen LogP) is 1.08. The fraction of sp³-hybridized carbons (Fsp3) is 0.412. The summed E-state index contributed by atoms with van der Waals surface area (Å²) in [6.07, 6.45) is 0. The highest BCUT2D eigenvalue weighted by Gasteiger charge is 2.93. The predicted molar refractivity (Wildman–Crippen MR) is 88.0 cm³/mol. The van der Waals surface area contributed by atoms with E-state index >= 15 is 0 Å². The molecule has 128 valence electrons. The van der Waals surface area contributed by atoms with Gasteiger partial charge in [-0.05, 0) is 17.7 Å². The minimum atomic E-state index is -1.64. The Morgan fingerprint density at radius 2 is 1.84 bits per heavy atom. The Bertz CT molecular complexity index is 847. The van der Waals surface area contributed by atoms with E-state index in [0.29, 0.717) is 11.3 Å². The van der Waals surface area contributed by atoms with E-state index in [2.05, 4.69) is 22.4 Å². The first-order chi connectivity index (χ1) is 11.9. The summed E-state index contributed by atoms with van der Waals surface area (Å²) in [7, 11) is 2.73. The lowest BCUT2D eigenvalue weighted by Gasteiger charge is -2.29. The number of ether oxygens (including phenoxy) is 2. The molecule has 0 spiro atoms. The van der Waals surface area contributed by atoms with Crippen LogP contribution in [0.25, 0.3) is 0 Å². The van der Waals surface area contributed by atoms with Crippen LogP contribution in [-0.2, 0) is 14.3 Å². The highest BCUT2D eigenvalue weighted by Crippen LogP contribution is 2.81. The Labute approximate surface area is 144 Å². The van der Waals surface area contributed by atoms with Crippen molar-refractivity contribution in [3.8, 4) is 12.1 Å². The van der Waals surface area contributed by atoms with E-state index in [9.17, 15) is 15.3 Å². The van der Waals surface area contributed by atoms with Crippen molar-refractivity contribution < 1.29 is 14.3 Å². The summed E-state index contributed by atoms with van der Waals surface area (Å²) in [6.45, 7) is 1.41. The van der Waals surface area contributed by atoms with Gasteiger partial charge in [-0.2, -0.15) is 10.5 Å². The summed E-state index contributed by atoms with van der Waals surface area (Å²) in [6, 6.07) is 11.3. The molecule has 1 saturated carbocycles. The smallest absolute Gasteiger partial charge is 0.292 e. The minimum Gasteiger partial charge on any atom is -0.386 e. The van der Waals surface area contributed by atoms with Crippen LogP contribution in [0, 0.1) is 33.5 Å². The standard InChI is InChI=1S/C17H17N5O3/c1-10(23)21-12-6-4-11(5-7-12)13-15(8-18)14(20)22-17(24-2,25-3)16(13,15)9-19/h4-7,13H,1-3H3,(H2,20,22)(H,21,23)/t13-,15-,16+/m0/s1. The molecular formula is C17H17N5O3. The number of nitrogens with one attached hydrogen (secondary N) is 1. The number of carbonyl (C=O) groups is 1. The second-order valence-corrected chi connectivity index (χ2v) is 6.06. The number of nitrogens with two attached hydrogens (primary N) is 1. The number of aliphatic imine (C=N–C) groups is 1. The fourth-order valence-electron chi connectivity index (χ4n) is 3.98. The molecule has 8 heteroatoms. The highest BCUT2D eigenvalue weighted by molar-refractivity contribution is 6.00. The lowest BCUT2D eigenvalue weighted by Crippen LogP contribution is -2.41. The zero-order valence-corrected chi connectivity index (χ0v) is 14.0. The second-order valence-electron chi connectivity index (χ2n) is 6.06. The van der Waals surface area contributed by atoms with Crippen molar-refractivity contribution in [1.82, 2.24) is 0 Å². The average Bonchev–Trinajstić information content (AvgIpc) is 3.18. The number of hydrogen-bond acceptors (Lipinski definition) is 7. The van der Waals surface area contributed by atoms with Gasteiger partial charge >= 0.3 is 0 Å². The number of amidine groups is 1. The second kappa shape index (κ2) is 5.28. The number of hydrogen-bond donors (Lipinski definition) is 2. The van der Waals surface area contributed by atoms with Crippen molar-refractivity contribution in [1.29, 1.82) is 10.5 Å². The molecule has 8 nitrogen and oxygen atoms in total. The average molecular weight is 339 g/mol. The summed E-state index contributed by atoms with van der Waals surface area (Å²) in [5, 5.41) is 22.4. The molecule has 0 aromatic heterocycles. The number of methoxy groups -OCH3 is 2. The van der Waals surface area contributed by atoms with Crippen molar-refractivity contribution >= 4 is 17.4 Å². The summed E-state index contributed by atoms with van der Waals surface area (Å²) in [5.74, 6) is -2.36. The van der Waals surface area contributed by atoms with E-state index in [1.807, 2.05) is 0 Å². The van der Waals surface area contributed by atoms with Gasteiger partial charge in [-0.25, -0.2) is 4.99 Å². The Kier molecular flexibility index (Phi) is 3.57. The first-order valence-electron chi connectivity index (χ1n) is 7.55. The van der Waals surface area contributed by atoms with Crippen molar-refractivity contribution in [2.75, 3.05) is 19.5 Å². The van der Waals surface area contributed by atoms with Gasteiger partial charge in [0.15, 0.2) is 5.41 Å². The lowest BCUT2D eigenvalue weighted by atomic mass is 9.93. The molecule has 1 aliphatic heterocycles. The molecule has 0 bridgehead atoms. The molecular weight excluding hydrogens is 322 g/mol. The minimum absolute atomic E-state index is 0.0242. The van der Waals surface area contributed by atoms with Crippen LogP contribution in [0.2, 0.25) is 0 Å². The third kappa shape index (κ3) is 1.75. The topological polar surface area (TPSA) is 134 Å². The van der Waals surface area contributed by atoms with Crippen LogP contribution in [0.5, 0.6) is 0 Å². The first-order valence-corrected chi connectivity index (χ1v) is 7.55. The first kappa shape index (κ1) is 16.9. The Hall–Kier alpha value is -2.94. The number of anilines is 1. The van der Waals surface area contributed by atoms with Gasteiger partial charge in [-0.3, -0.25) is 4.79 Å². The largest absolute Gasteiger partial charge is 0.386 e. The van der Waals surface area contributed by atoms with Gasteiger partial charge in [0.2, 0.25) is 5.91 Å². The van der Waals surface area contributed by atoms with Crippen LogP contribution in [0.3, 0.4) is 0 Å². The summed E-state index contributed by atoms with van der Waals surface area (Å²) in [5.41, 5.74) is 4.67. The molecule has 1 aliphatic carbocycles. The Morgan fingerprint density at radius 3 is 2.28 bits per heavy atom. The van der Waals surface area contributed by atoms with Crippen LogP contribution in [0.15, 0.2) is 29.3 Å². The summed E-state index contributed by atoms with van der Waals surface area (Å²) < 4.78 is 10.8. The molecule has 1 fully saturated rings. The van der Waals surface area contributed by atoms with Gasteiger partial charge in [-0.1, -0.05) is 12.1 Å². The maximum Gasteiger partial charge on any atom is 0.292 e. The van der Waals surface area contributed by atoms with Gasteiger partial charge < -0.3 is 20.5 Å². The zero-order chi connectivity index (χ0) is 18.5. The van der Waals surface area contributed by atoms with Gasteiger partial charge in [-0.15, -0.1) is 0 Å². The SMILES string of the molecule is COC1(OC)N=C(N)[C@]2(C#N)[C@H](c3ccc(NC(C)=O)cc3)[C@@]12C#N. The van der Waals surface area contributed by atoms with Gasteiger partial charge in [0.1, 0.15) is 11.3 Å². The molecule has 1 aromatic carbocycles. The van der Waals surface area contributed by atoms with Crippen molar-refractivity contribution in [3.05, 3.63) is 29.8 Å². The van der Waals surface area contributed by atoms with E-state index in [4.69, 9.17) is 15.2 Å². The molecule has 1 amide bonds. The zero-order valence-electron chi connectivity index (χ0n) is 14.0. The molecule has 25 heavy (non-hydrogen) atoms. The van der Waals surface area contributed by atoms with E-state index in [1.165, 1.54) is 21.1 Å². The van der Waals surface area contributed by atoms with Crippen LogP contribution in [-0.4, -0.2) is 31.9 Å². The molecule has 3 rings (SSSR count). The van der Waals surface area contributed by atoms with Crippen LogP contribution in [0.4, 0.5) is 5.69 Å². The number of nitrogens with zero attached hydrogens (tertiary/aromatic N) is 3. The summed E-state index contributed by atoms with van der Waals surface area (Å²) >= 11 is 0. The molecule has 3 N–H and O–H groups in total. The van der Waals surface area contributed by atoms with Crippen molar-refractivity contribution in [2.24, 2.45) is 21.6 Å². The maximum atomic E-state index is 11.1. The van der Waals surface area contributed by atoms with Crippen LogP contribution >= 0.6 is 0 Å². The fourth-order valence-corrected chi connectivity index (χ4v) is 3.98. The quantitative estimate of drug-likeness (QED) is 0.788. The van der Waals surface area contributed by atoms with E-state index < -0.39 is 22.7 Å². The molecule has 3 atom stereocenters. The third-order valence-corrected chi connectivity index (χ3v) is 5.05. The molecule has 2 aliphatic rings. The van der Waals surface area contributed by atoms with Gasteiger partial charge in [0.25, 0.3) is 5.91 Å². The van der Waals surface area contributed by atoms with Crippen LogP contribution < -0.4 is 11.1 Å². The molecule has 1 aromatic rings. The number of amides is 1.